The first-order valence-electron chi connectivity index (χ1n) is 5.78. The van der Waals surface area contributed by atoms with Crippen LogP contribution in [0.3, 0.4) is 0 Å². The SMILES string of the molecule is Cc1ccc(NC(=O)[Se]Cc2ccccc2)cc1. The molecule has 18 heavy (non-hydrogen) atoms. The number of nitrogens with one attached hydrogen (secondary N) is 1. The van der Waals surface area contributed by atoms with E-state index in [1.54, 1.807) is 0 Å². The summed E-state index contributed by atoms with van der Waals surface area (Å²) in [6.07, 6.45) is 0. The van der Waals surface area contributed by atoms with Crippen molar-refractivity contribution in [3.8, 4) is 0 Å². The standard InChI is InChI=1S/C15H15NOSe/c1-12-7-9-14(10-8-12)16-15(17)18-11-13-5-3-2-4-6-13/h2-10H,11H2,1H3,(H,16,17). The first-order chi connectivity index (χ1) is 8.74. The summed E-state index contributed by atoms with van der Waals surface area (Å²) in [6, 6.07) is 18.0. The van der Waals surface area contributed by atoms with Gasteiger partial charge in [0.2, 0.25) is 0 Å². The quantitative estimate of drug-likeness (QED) is 0.862. The van der Waals surface area contributed by atoms with Gasteiger partial charge in [-0.1, -0.05) is 0 Å². The fourth-order valence-corrected chi connectivity index (χ4v) is 2.94. The van der Waals surface area contributed by atoms with Crippen LogP contribution in [0.1, 0.15) is 11.1 Å². The van der Waals surface area contributed by atoms with E-state index in [0.29, 0.717) is 0 Å². The van der Waals surface area contributed by atoms with Crippen molar-refractivity contribution >= 4 is 25.4 Å². The monoisotopic (exact) mass is 305 g/mol. The van der Waals surface area contributed by atoms with Gasteiger partial charge in [-0.15, -0.1) is 0 Å². The third kappa shape index (κ3) is 4.02. The number of anilines is 1. The second-order valence-electron chi connectivity index (χ2n) is 4.05. The summed E-state index contributed by atoms with van der Waals surface area (Å²) in [7, 11) is 0. The van der Waals surface area contributed by atoms with Crippen LogP contribution >= 0.6 is 0 Å². The number of carbonyl (C=O) groups is 1. The summed E-state index contributed by atoms with van der Waals surface area (Å²) in [5.41, 5.74) is 3.29. The van der Waals surface area contributed by atoms with Gasteiger partial charge in [0.05, 0.1) is 0 Å². The second-order valence-corrected chi connectivity index (χ2v) is 6.04. The van der Waals surface area contributed by atoms with Gasteiger partial charge in [-0.2, -0.15) is 0 Å². The Balaban J connectivity index is 1.84. The van der Waals surface area contributed by atoms with Gasteiger partial charge in [-0.25, -0.2) is 0 Å². The molecule has 0 aliphatic heterocycles. The summed E-state index contributed by atoms with van der Waals surface area (Å²) in [5, 5.41) is 3.77. The normalized spacial score (nSPS) is 10.1. The van der Waals surface area contributed by atoms with E-state index in [1.807, 2.05) is 49.4 Å². The van der Waals surface area contributed by atoms with Crippen molar-refractivity contribution in [1.82, 2.24) is 0 Å². The van der Waals surface area contributed by atoms with Gasteiger partial charge in [0.15, 0.2) is 0 Å². The topological polar surface area (TPSA) is 29.1 Å². The average molecular weight is 304 g/mol. The van der Waals surface area contributed by atoms with Gasteiger partial charge in [-0.3, -0.25) is 0 Å². The van der Waals surface area contributed by atoms with Crippen molar-refractivity contribution in [2.75, 3.05) is 5.32 Å². The number of amides is 1. The molecule has 0 saturated carbocycles. The van der Waals surface area contributed by atoms with E-state index < -0.39 is 0 Å². The third-order valence-electron chi connectivity index (χ3n) is 2.51. The number of hydrogen-bond donors (Lipinski definition) is 1. The van der Waals surface area contributed by atoms with Gasteiger partial charge in [0.25, 0.3) is 0 Å². The van der Waals surface area contributed by atoms with Crippen LogP contribution in [0.2, 0.25) is 0 Å². The molecule has 0 unspecified atom stereocenters. The Hall–Kier alpha value is -1.57. The van der Waals surface area contributed by atoms with E-state index in [-0.39, 0.29) is 19.8 Å². The van der Waals surface area contributed by atoms with Crippen molar-refractivity contribution in [3.05, 3.63) is 65.7 Å². The molecule has 0 bridgehead atoms. The van der Waals surface area contributed by atoms with Gasteiger partial charge >= 0.3 is 114 Å². The van der Waals surface area contributed by atoms with Crippen molar-refractivity contribution in [2.45, 2.75) is 12.2 Å². The van der Waals surface area contributed by atoms with Gasteiger partial charge in [0.1, 0.15) is 0 Å². The Labute approximate surface area is 114 Å². The van der Waals surface area contributed by atoms with Gasteiger partial charge in [0, 0.05) is 0 Å². The number of rotatable bonds is 4. The van der Waals surface area contributed by atoms with E-state index in [2.05, 4.69) is 17.4 Å². The summed E-state index contributed by atoms with van der Waals surface area (Å²) < 4.78 is 0. The molecule has 2 nitrogen and oxygen atoms in total. The zero-order chi connectivity index (χ0) is 12.8. The molecule has 2 aromatic carbocycles. The van der Waals surface area contributed by atoms with Crippen molar-refractivity contribution in [1.29, 1.82) is 0 Å². The van der Waals surface area contributed by atoms with Gasteiger partial charge < -0.3 is 0 Å². The molecule has 92 valence electrons. The Kier molecular flexibility index (Phi) is 4.57. The molecule has 0 aliphatic carbocycles. The van der Waals surface area contributed by atoms with Crippen molar-refractivity contribution in [2.24, 2.45) is 0 Å². The van der Waals surface area contributed by atoms with E-state index >= 15 is 0 Å². The van der Waals surface area contributed by atoms with Crippen LogP contribution in [-0.4, -0.2) is 19.8 Å². The first-order valence-corrected chi connectivity index (χ1v) is 7.85. The fourth-order valence-electron chi connectivity index (χ4n) is 1.51. The minimum absolute atomic E-state index is 0.0633. The van der Waals surface area contributed by atoms with Crippen LogP contribution in [0.25, 0.3) is 0 Å². The molecule has 0 atom stereocenters. The maximum atomic E-state index is 11.8. The summed E-state index contributed by atoms with van der Waals surface area (Å²) >= 11 is -0.0633. The zero-order valence-corrected chi connectivity index (χ0v) is 11.9. The van der Waals surface area contributed by atoms with Crippen LogP contribution in [0.15, 0.2) is 54.6 Å². The molecule has 2 rings (SSSR count). The predicted molar refractivity (Wildman–Crippen MR) is 76.1 cm³/mol. The van der Waals surface area contributed by atoms with Gasteiger partial charge in [-0.05, 0) is 0 Å². The number of hydrogen-bond acceptors (Lipinski definition) is 1. The molecular formula is C15H15NOSe. The predicted octanol–water partition coefficient (Wildman–Crippen LogP) is 3.43. The zero-order valence-electron chi connectivity index (χ0n) is 10.2. The molecule has 3 heteroatoms. The Bertz CT molecular complexity index is 508. The summed E-state index contributed by atoms with van der Waals surface area (Å²) in [5.74, 6) is 0. The average Bonchev–Trinajstić information content (AvgIpc) is 2.40. The molecular weight excluding hydrogens is 289 g/mol. The third-order valence-corrected chi connectivity index (χ3v) is 4.28. The van der Waals surface area contributed by atoms with Crippen molar-refractivity contribution < 1.29 is 4.79 Å². The molecule has 0 aliphatic rings. The summed E-state index contributed by atoms with van der Waals surface area (Å²) in [6.45, 7) is 2.03. The van der Waals surface area contributed by atoms with E-state index in [4.69, 9.17) is 0 Å². The van der Waals surface area contributed by atoms with Crippen LogP contribution in [0, 0.1) is 6.92 Å². The Morgan fingerprint density at radius 1 is 1.06 bits per heavy atom. The second kappa shape index (κ2) is 6.39. The van der Waals surface area contributed by atoms with Crippen molar-refractivity contribution in [3.63, 3.8) is 0 Å². The molecule has 0 saturated heterocycles. The minimum atomic E-state index is -0.0633. The van der Waals surface area contributed by atoms with Crippen LogP contribution in [0.5, 0.6) is 0 Å². The number of carbonyl (C=O) groups excluding carboxylic acids is 1. The summed E-state index contributed by atoms with van der Waals surface area (Å²) in [4.78, 5) is 11.9. The molecule has 0 fully saturated rings. The molecule has 0 heterocycles. The van der Waals surface area contributed by atoms with E-state index in [0.717, 1.165) is 11.0 Å². The Morgan fingerprint density at radius 3 is 2.39 bits per heavy atom. The van der Waals surface area contributed by atoms with Crippen LogP contribution in [-0.2, 0) is 5.32 Å². The maximum absolute atomic E-state index is 11.8. The van der Waals surface area contributed by atoms with E-state index in [1.165, 1.54) is 11.1 Å². The molecule has 0 aromatic heterocycles. The molecule has 0 spiro atoms. The molecule has 0 radical (unpaired) electrons. The number of aryl methyl sites for hydroxylation is 1. The molecule has 1 amide bonds. The molecule has 1 N–H and O–H groups in total. The molecule has 2 aromatic rings. The van der Waals surface area contributed by atoms with Crippen LogP contribution in [0.4, 0.5) is 10.5 Å². The van der Waals surface area contributed by atoms with Crippen LogP contribution < -0.4 is 5.32 Å². The van der Waals surface area contributed by atoms with E-state index in [9.17, 15) is 4.79 Å². The number of benzene rings is 2. The first kappa shape index (κ1) is 12.9. The fraction of sp³-hybridized carbons (Fsp3) is 0.133. The Morgan fingerprint density at radius 2 is 1.72 bits per heavy atom.